The molecule has 0 radical (unpaired) electrons. The van der Waals surface area contributed by atoms with E-state index in [1.54, 1.807) is 12.1 Å². The van der Waals surface area contributed by atoms with Crippen molar-refractivity contribution in [1.29, 1.82) is 0 Å². The molecule has 6 nitrogen and oxygen atoms in total. The molecule has 1 fully saturated rings. The van der Waals surface area contributed by atoms with Crippen LogP contribution >= 0.6 is 0 Å². The van der Waals surface area contributed by atoms with E-state index in [-0.39, 0.29) is 22.9 Å². The number of hydrogen-bond donors (Lipinski definition) is 0. The topological polar surface area (TPSA) is 75.8 Å². The number of nitro groups is 1. The van der Waals surface area contributed by atoms with Crippen LogP contribution in [0.3, 0.4) is 0 Å². The number of hydrogen-bond acceptors (Lipinski definition) is 5. The maximum Gasteiger partial charge on any atom is 0.293 e. The second-order valence-corrected chi connectivity index (χ2v) is 7.35. The van der Waals surface area contributed by atoms with Gasteiger partial charge in [0, 0.05) is 35.3 Å². The quantitative estimate of drug-likeness (QED) is 0.585. The third kappa shape index (κ3) is 3.19. The highest BCUT2D eigenvalue weighted by Crippen LogP contribution is 2.35. The Morgan fingerprint density at radius 1 is 1.18 bits per heavy atom. The Balaban J connectivity index is 1.78. The first kappa shape index (κ1) is 18.3. The van der Waals surface area contributed by atoms with Crippen molar-refractivity contribution in [2.24, 2.45) is 4.99 Å². The minimum absolute atomic E-state index is 0.0235. The summed E-state index contributed by atoms with van der Waals surface area (Å²) in [6.07, 6.45) is 4.26. The zero-order chi connectivity index (χ0) is 19.7. The van der Waals surface area contributed by atoms with Gasteiger partial charge in [-0.25, -0.2) is 0 Å². The second kappa shape index (κ2) is 7.54. The molecule has 2 aliphatic rings. The van der Waals surface area contributed by atoms with Crippen molar-refractivity contribution < 1.29 is 9.72 Å². The van der Waals surface area contributed by atoms with Crippen molar-refractivity contribution >= 4 is 22.9 Å². The van der Waals surface area contributed by atoms with Crippen LogP contribution in [-0.2, 0) is 0 Å². The number of anilines is 1. The Morgan fingerprint density at radius 2 is 1.96 bits per heavy atom. The van der Waals surface area contributed by atoms with E-state index >= 15 is 0 Å². The number of nitrogens with zero attached hydrogens (tertiary/aromatic N) is 3. The third-order valence-electron chi connectivity index (χ3n) is 5.72. The highest BCUT2D eigenvalue weighted by Gasteiger charge is 2.29. The predicted molar refractivity (Wildman–Crippen MR) is 110 cm³/mol. The molecule has 0 N–H and O–H groups in total. The Morgan fingerprint density at radius 3 is 2.71 bits per heavy atom. The fourth-order valence-electron chi connectivity index (χ4n) is 4.30. The van der Waals surface area contributed by atoms with Crippen molar-refractivity contribution in [1.82, 2.24) is 0 Å². The lowest BCUT2D eigenvalue weighted by atomic mass is 9.92. The van der Waals surface area contributed by atoms with Crippen molar-refractivity contribution in [3.05, 3.63) is 69.3 Å². The van der Waals surface area contributed by atoms with E-state index in [4.69, 9.17) is 0 Å². The molecule has 28 heavy (non-hydrogen) atoms. The van der Waals surface area contributed by atoms with E-state index in [9.17, 15) is 14.9 Å². The maximum atomic E-state index is 12.1. The standard InChI is InChI=1S/C22H23N3O3/c1-2-16-7-5-6-12-24(16)19-11-10-15(13-20(19)25(27)28)22-18-9-4-3-8-17(18)21(26)14-23-22/h3-4,8-11,13,16H,2,5-7,12,14H2,1H3. The highest BCUT2D eigenvalue weighted by atomic mass is 16.6. The van der Waals surface area contributed by atoms with Gasteiger partial charge in [0.1, 0.15) is 12.2 Å². The van der Waals surface area contributed by atoms with Gasteiger partial charge < -0.3 is 4.90 Å². The van der Waals surface area contributed by atoms with Crippen LogP contribution in [0.15, 0.2) is 47.5 Å². The van der Waals surface area contributed by atoms with Gasteiger partial charge in [-0.1, -0.05) is 37.3 Å². The summed E-state index contributed by atoms with van der Waals surface area (Å²) in [7, 11) is 0. The molecule has 1 unspecified atom stereocenters. The summed E-state index contributed by atoms with van der Waals surface area (Å²) >= 11 is 0. The van der Waals surface area contributed by atoms with Gasteiger partial charge in [0.05, 0.1) is 10.6 Å². The van der Waals surface area contributed by atoms with Gasteiger partial charge in [0.25, 0.3) is 5.69 Å². The highest BCUT2D eigenvalue weighted by molar-refractivity contribution is 6.22. The molecule has 0 aromatic heterocycles. The van der Waals surface area contributed by atoms with Gasteiger partial charge in [-0.3, -0.25) is 19.9 Å². The number of carbonyl (C=O) groups is 1. The number of aliphatic imine (C=N–C) groups is 1. The third-order valence-corrected chi connectivity index (χ3v) is 5.72. The first-order valence-corrected chi connectivity index (χ1v) is 9.82. The predicted octanol–water partition coefficient (Wildman–Crippen LogP) is 4.40. The summed E-state index contributed by atoms with van der Waals surface area (Å²) in [5, 5.41) is 11.9. The number of ketones is 1. The van der Waals surface area contributed by atoms with Crippen molar-refractivity contribution in [2.75, 3.05) is 18.0 Å². The smallest absolute Gasteiger partial charge is 0.293 e. The molecule has 0 saturated carbocycles. The molecule has 2 heterocycles. The van der Waals surface area contributed by atoms with Crippen LogP contribution in [-0.4, -0.2) is 35.5 Å². The SMILES string of the molecule is CCC1CCCCN1c1ccc(C2=NCC(=O)c3ccccc32)cc1[N+](=O)[O-]. The minimum Gasteiger partial charge on any atom is -0.363 e. The molecule has 0 bridgehead atoms. The zero-order valence-electron chi connectivity index (χ0n) is 15.9. The molecule has 2 aliphatic heterocycles. The molecule has 1 atom stereocenters. The Hall–Kier alpha value is -3.02. The van der Waals surface area contributed by atoms with Crippen molar-refractivity contribution in [2.45, 2.75) is 38.6 Å². The van der Waals surface area contributed by atoms with Gasteiger partial charge in [-0.2, -0.15) is 0 Å². The summed E-state index contributed by atoms with van der Waals surface area (Å²) in [5.74, 6) is -0.0235. The molecule has 0 spiro atoms. The van der Waals surface area contributed by atoms with Gasteiger partial charge in [0.2, 0.25) is 0 Å². The largest absolute Gasteiger partial charge is 0.363 e. The summed E-state index contributed by atoms with van der Waals surface area (Å²) in [6, 6.07) is 13.0. The maximum absolute atomic E-state index is 12.1. The Bertz CT molecular complexity index is 967. The first-order valence-electron chi connectivity index (χ1n) is 9.82. The van der Waals surface area contributed by atoms with Crippen molar-refractivity contribution in [3.8, 4) is 0 Å². The summed E-state index contributed by atoms with van der Waals surface area (Å²) in [6.45, 7) is 3.05. The van der Waals surface area contributed by atoms with E-state index in [1.165, 1.54) is 6.42 Å². The molecule has 0 amide bonds. The number of rotatable bonds is 4. The van der Waals surface area contributed by atoms with E-state index in [0.717, 1.165) is 31.4 Å². The molecule has 1 saturated heterocycles. The number of nitro benzene ring substituents is 1. The lowest BCUT2D eigenvalue weighted by Gasteiger charge is -2.36. The second-order valence-electron chi connectivity index (χ2n) is 7.35. The zero-order valence-corrected chi connectivity index (χ0v) is 15.9. The minimum atomic E-state index is -0.305. The normalized spacial score (nSPS) is 19.2. The van der Waals surface area contributed by atoms with E-state index in [2.05, 4.69) is 16.8 Å². The summed E-state index contributed by atoms with van der Waals surface area (Å²) < 4.78 is 0. The molecule has 144 valence electrons. The fraction of sp³-hybridized carbons (Fsp3) is 0.364. The van der Waals surface area contributed by atoms with Crippen LogP contribution < -0.4 is 4.90 Å². The van der Waals surface area contributed by atoms with Crippen LogP contribution in [0.25, 0.3) is 0 Å². The van der Waals surface area contributed by atoms with Crippen LogP contribution in [0.1, 0.15) is 54.1 Å². The van der Waals surface area contributed by atoms with E-state index in [0.29, 0.717) is 28.6 Å². The molecule has 6 heteroatoms. The van der Waals surface area contributed by atoms with Gasteiger partial charge in [-0.05, 0) is 31.7 Å². The van der Waals surface area contributed by atoms with E-state index in [1.807, 2.05) is 30.3 Å². The molecular weight excluding hydrogens is 354 g/mol. The molecule has 0 aliphatic carbocycles. The van der Waals surface area contributed by atoms with Gasteiger partial charge in [0.15, 0.2) is 5.78 Å². The van der Waals surface area contributed by atoms with Gasteiger partial charge in [-0.15, -0.1) is 0 Å². The lowest BCUT2D eigenvalue weighted by molar-refractivity contribution is -0.384. The average Bonchev–Trinajstić information content (AvgIpc) is 2.74. The first-order chi connectivity index (χ1) is 13.6. The lowest BCUT2D eigenvalue weighted by Crippen LogP contribution is -2.39. The van der Waals surface area contributed by atoms with Gasteiger partial charge >= 0.3 is 0 Å². The van der Waals surface area contributed by atoms with Crippen LogP contribution in [0.2, 0.25) is 0 Å². The molecular formula is C22H23N3O3. The molecule has 2 aromatic carbocycles. The summed E-state index contributed by atoms with van der Waals surface area (Å²) in [5.41, 5.74) is 3.48. The number of fused-ring (bicyclic) bond motifs is 1. The van der Waals surface area contributed by atoms with Crippen LogP contribution in [0.5, 0.6) is 0 Å². The average molecular weight is 377 g/mol. The van der Waals surface area contributed by atoms with Crippen LogP contribution in [0, 0.1) is 10.1 Å². The number of carbonyl (C=O) groups excluding carboxylic acids is 1. The number of piperidine rings is 1. The molecule has 2 aromatic rings. The number of benzene rings is 2. The van der Waals surface area contributed by atoms with Crippen molar-refractivity contribution in [3.63, 3.8) is 0 Å². The Kier molecular flexibility index (Phi) is 4.94. The van der Waals surface area contributed by atoms with E-state index < -0.39 is 0 Å². The Labute approximate surface area is 164 Å². The fourth-order valence-corrected chi connectivity index (χ4v) is 4.30. The number of Topliss-reactive ketones (excluding diaryl/α,β-unsaturated/α-hetero) is 1. The summed E-state index contributed by atoms with van der Waals surface area (Å²) in [4.78, 5) is 30.3. The monoisotopic (exact) mass is 377 g/mol. The molecule has 4 rings (SSSR count). The van der Waals surface area contributed by atoms with Crippen LogP contribution in [0.4, 0.5) is 11.4 Å².